The summed E-state index contributed by atoms with van der Waals surface area (Å²) >= 11 is 0. The molecule has 0 aromatic heterocycles. The highest BCUT2D eigenvalue weighted by molar-refractivity contribution is 6.83. The Balaban J connectivity index is 2.66. The summed E-state index contributed by atoms with van der Waals surface area (Å²) in [6.45, 7) is 8.85. The van der Waals surface area contributed by atoms with E-state index in [1.807, 2.05) is 24.3 Å². The second kappa shape index (κ2) is 6.27. The van der Waals surface area contributed by atoms with Gasteiger partial charge in [0.15, 0.2) is 0 Å². The van der Waals surface area contributed by atoms with Crippen molar-refractivity contribution in [2.24, 2.45) is 0 Å². The molecule has 0 aliphatic carbocycles. The molecule has 0 saturated carbocycles. The number of hydrogen-bond donors (Lipinski definition) is 0. The molecule has 0 radical (unpaired) electrons. The molecule has 0 atom stereocenters. The van der Waals surface area contributed by atoms with Crippen LogP contribution in [0.25, 0.3) is 6.08 Å². The highest BCUT2D eigenvalue weighted by Crippen LogP contribution is 2.06. The van der Waals surface area contributed by atoms with Crippen LogP contribution in [0.1, 0.15) is 12.5 Å². The van der Waals surface area contributed by atoms with Crippen LogP contribution in [0.3, 0.4) is 0 Å². The molecule has 1 aromatic carbocycles. The first kappa shape index (κ1) is 13.5. The van der Waals surface area contributed by atoms with E-state index < -0.39 is 8.07 Å². The molecule has 1 aromatic rings. The van der Waals surface area contributed by atoms with Crippen molar-refractivity contribution < 1.29 is 0 Å². The Bertz CT molecular complexity index is 462. The molecule has 0 heterocycles. The third-order valence-corrected chi connectivity index (χ3v) is 2.96. The predicted octanol–water partition coefficient (Wildman–Crippen LogP) is 4.53. The topological polar surface area (TPSA) is 0 Å². The van der Waals surface area contributed by atoms with E-state index in [0.717, 1.165) is 0 Å². The van der Waals surface area contributed by atoms with E-state index in [-0.39, 0.29) is 0 Å². The Morgan fingerprint density at radius 2 is 1.76 bits per heavy atom. The van der Waals surface area contributed by atoms with E-state index in [0.29, 0.717) is 0 Å². The lowest BCUT2D eigenvalue weighted by atomic mass is 10.1. The van der Waals surface area contributed by atoms with Gasteiger partial charge in [0.1, 0.15) is 8.07 Å². The summed E-state index contributed by atoms with van der Waals surface area (Å²) in [5.41, 5.74) is 5.77. The molecule has 0 fully saturated rings. The summed E-state index contributed by atoms with van der Waals surface area (Å²) in [5, 5.41) is 0. The summed E-state index contributed by atoms with van der Waals surface area (Å²) in [5.74, 6) is 3.13. The van der Waals surface area contributed by atoms with Crippen molar-refractivity contribution in [2.45, 2.75) is 26.6 Å². The Labute approximate surface area is 106 Å². The minimum atomic E-state index is -1.24. The fourth-order valence-electron chi connectivity index (χ4n) is 1.29. The fourth-order valence-corrected chi connectivity index (χ4v) is 1.81. The molecular weight excluding hydrogens is 220 g/mol. The summed E-state index contributed by atoms with van der Waals surface area (Å²) < 4.78 is 0. The van der Waals surface area contributed by atoms with E-state index in [4.69, 9.17) is 0 Å². The summed E-state index contributed by atoms with van der Waals surface area (Å²) in [7, 11) is -1.24. The molecule has 0 bridgehead atoms. The van der Waals surface area contributed by atoms with Gasteiger partial charge in [-0.3, -0.25) is 0 Å². The first-order valence-corrected chi connectivity index (χ1v) is 9.40. The van der Waals surface area contributed by atoms with Crippen LogP contribution in [0.4, 0.5) is 0 Å². The lowest BCUT2D eigenvalue weighted by Crippen LogP contribution is -2.16. The van der Waals surface area contributed by atoms with E-state index in [2.05, 4.69) is 62.3 Å². The van der Waals surface area contributed by atoms with Crippen LogP contribution in [0.2, 0.25) is 19.6 Å². The van der Waals surface area contributed by atoms with Crippen molar-refractivity contribution in [3.8, 4) is 11.5 Å². The fraction of sp³-hybridized carbons (Fsp3) is 0.250. The third kappa shape index (κ3) is 6.60. The normalized spacial score (nSPS) is 12.4. The highest BCUT2D eigenvalue weighted by Gasteiger charge is 2.06. The number of benzene rings is 1. The summed E-state index contributed by atoms with van der Waals surface area (Å²) in [6.07, 6.45) is 6.18. The molecule has 17 heavy (non-hydrogen) atoms. The quantitative estimate of drug-likeness (QED) is 0.405. The van der Waals surface area contributed by atoms with Gasteiger partial charge in [-0.1, -0.05) is 68.0 Å². The maximum atomic E-state index is 3.32. The Morgan fingerprint density at radius 3 is 2.35 bits per heavy atom. The van der Waals surface area contributed by atoms with Crippen LogP contribution in [0.15, 0.2) is 48.1 Å². The Kier molecular flexibility index (Phi) is 5.00. The molecule has 0 unspecified atom stereocenters. The molecule has 0 spiro atoms. The average molecular weight is 240 g/mol. The van der Waals surface area contributed by atoms with Gasteiger partial charge in [-0.05, 0) is 24.1 Å². The lowest BCUT2D eigenvalue weighted by molar-refractivity contribution is 1.54. The van der Waals surface area contributed by atoms with E-state index in [1.165, 1.54) is 11.1 Å². The molecule has 88 valence electrons. The van der Waals surface area contributed by atoms with Gasteiger partial charge in [0.2, 0.25) is 0 Å². The van der Waals surface area contributed by atoms with E-state index in [1.54, 1.807) is 0 Å². The van der Waals surface area contributed by atoms with Crippen molar-refractivity contribution in [3.63, 3.8) is 0 Å². The highest BCUT2D eigenvalue weighted by atomic mass is 28.3. The van der Waals surface area contributed by atoms with Crippen molar-refractivity contribution in [1.82, 2.24) is 0 Å². The van der Waals surface area contributed by atoms with Crippen LogP contribution in [-0.2, 0) is 0 Å². The Morgan fingerprint density at radius 1 is 1.12 bits per heavy atom. The second-order valence-corrected chi connectivity index (χ2v) is 9.90. The maximum Gasteiger partial charge on any atom is 0.129 e. The van der Waals surface area contributed by atoms with Gasteiger partial charge < -0.3 is 0 Å². The van der Waals surface area contributed by atoms with Gasteiger partial charge in [-0.2, -0.15) is 0 Å². The predicted molar refractivity (Wildman–Crippen MR) is 80.4 cm³/mol. The molecule has 0 saturated heterocycles. The first-order valence-electron chi connectivity index (χ1n) is 5.90. The van der Waals surface area contributed by atoms with Gasteiger partial charge in [0.05, 0.1) is 0 Å². The number of rotatable bonds is 2. The molecule has 0 amide bonds. The van der Waals surface area contributed by atoms with Crippen LogP contribution in [-0.4, -0.2) is 8.07 Å². The zero-order valence-corrected chi connectivity index (χ0v) is 12.1. The lowest BCUT2D eigenvalue weighted by Gasteiger charge is -2.02. The van der Waals surface area contributed by atoms with E-state index >= 15 is 0 Å². The van der Waals surface area contributed by atoms with E-state index in [9.17, 15) is 0 Å². The van der Waals surface area contributed by atoms with Crippen LogP contribution in [0, 0.1) is 11.5 Å². The van der Waals surface area contributed by atoms with Gasteiger partial charge >= 0.3 is 0 Å². The maximum absolute atomic E-state index is 3.32. The van der Waals surface area contributed by atoms with Gasteiger partial charge in [0, 0.05) is 0 Å². The minimum absolute atomic E-state index is 1.22. The van der Waals surface area contributed by atoms with Crippen molar-refractivity contribution in [2.75, 3.05) is 0 Å². The summed E-state index contributed by atoms with van der Waals surface area (Å²) in [6, 6.07) is 10.3. The monoisotopic (exact) mass is 240 g/mol. The molecule has 0 nitrogen and oxygen atoms in total. The third-order valence-electron chi connectivity index (χ3n) is 2.07. The SMILES string of the molecule is CC(=C/c1ccccc1)/C=C/C#C[Si](C)(C)C. The van der Waals surface area contributed by atoms with Gasteiger partial charge in [-0.15, -0.1) is 5.54 Å². The van der Waals surface area contributed by atoms with Crippen molar-refractivity contribution in [3.05, 3.63) is 53.6 Å². The molecule has 0 aliphatic rings. The molecule has 1 heteroatoms. The zero-order chi connectivity index (χ0) is 12.7. The van der Waals surface area contributed by atoms with Crippen molar-refractivity contribution >= 4 is 14.1 Å². The van der Waals surface area contributed by atoms with Gasteiger partial charge in [-0.25, -0.2) is 0 Å². The molecule has 1 rings (SSSR count). The second-order valence-electron chi connectivity index (χ2n) is 5.15. The molecular formula is C16H20Si. The first-order chi connectivity index (χ1) is 7.97. The zero-order valence-electron chi connectivity index (χ0n) is 11.1. The smallest absolute Gasteiger partial charge is 0.127 e. The van der Waals surface area contributed by atoms with Crippen LogP contribution >= 0.6 is 0 Å². The van der Waals surface area contributed by atoms with Gasteiger partial charge in [0.25, 0.3) is 0 Å². The number of hydrogen-bond acceptors (Lipinski definition) is 0. The Hall–Kier alpha value is -1.52. The van der Waals surface area contributed by atoms with Crippen molar-refractivity contribution in [1.29, 1.82) is 0 Å². The van der Waals surface area contributed by atoms with Crippen LogP contribution in [0.5, 0.6) is 0 Å². The molecule has 0 aliphatic heterocycles. The average Bonchev–Trinajstić information content (AvgIpc) is 2.25. The summed E-state index contributed by atoms with van der Waals surface area (Å²) in [4.78, 5) is 0. The standard InChI is InChI=1S/C16H20Si/c1-15(10-8-9-13-17(2,3)4)14-16-11-6-5-7-12-16/h5-8,10-12,14H,1-4H3/b10-8+,15-14-. The molecule has 0 N–H and O–H groups in total. The van der Waals surface area contributed by atoms with Crippen LogP contribution < -0.4 is 0 Å². The number of allylic oxidation sites excluding steroid dienone is 3. The largest absolute Gasteiger partial charge is 0.129 e. The minimum Gasteiger partial charge on any atom is -0.127 e.